The van der Waals surface area contributed by atoms with Crippen molar-refractivity contribution in [3.8, 4) is 11.5 Å². The van der Waals surface area contributed by atoms with Gasteiger partial charge in [-0.25, -0.2) is 4.98 Å². The third kappa shape index (κ3) is 5.13. The minimum absolute atomic E-state index is 0.166. The van der Waals surface area contributed by atoms with Crippen LogP contribution in [0.5, 0.6) is 11.5 Å². The molecule has 5 aromatic rings. The number of rotatable bonds is 9. The number of aromatic nitrogens is 2. The molecule has 0 bridgehead atoms. The zero-order valence-electron chi connectivity index (χ0n) is 20.1. The van der Waals surface area contributed by atoms with Crippen molar-refractivity contribution in [1.29, 1.82) is 0 Å². The number of ether oxygens (including phenoxy) is 2. The molecule has 0 fully saturated rings. The number of hydrogen-bond donors (Lipinski definition) is 0. The van der Waals surface area contributed by atoms with Crippen molar-refractivity contribution in [2.24, 2.45) is 0 Å². The first-order chi connectivity index (χ1) is 17.1. The fourth-order valence-corrected chi connectivity index (χ4v) is 4.67. The van der Waals surface area contributed by atoms with E-state index in [1.54, 1.807) is 7.11 Å². The highest BCUT2D eigenvalue weighted by molar-refractivity contribution is 6.30. The van der Waals surface area contributed by atoms with E-state index in [1.165, 1.54) is 21.9 Å². The van der Waals surface area contributed by atoms with Gasteiger partial charge in [0.25, 0.3) is 0 Å². The lowest BCUT2D eigenvalue weighted by Gasteiger charge is -2.16. The first-order valence-corrected chi connectivity index (χ1v) is 12.4. The van der Waals surface area contributed by atoms with Gasteiger partial charge in [0.05, 0.1) is 24.8 Å². The molecule has 5 heteroatoms. The van der Waals surface area contributed by atoms with Gasteiger partial charge in [0.1, 0.15) is 17.3 Å². The van der Waals surface area contributed by atoms with Gasteiger partial charge in [0.15, 0.2) is 0 Å². The normalized spacial score (nSPS) is 12.2. The van der Waals surface area contributed by atoms with Crippen molar-refractivity contribution in [2.45, 2.75) is 32.2 Å². The summed E-state index contributed by atoms with van der Waals surface area (Å²) in [7, 11) is 1.70. The first-order valence-electron chi connectivity index (χ1n) is 12.0. The van der Waals surface area contributed by atoms with Crippen LogP contribution in [0.15, 0.2) is 84.9 Å². The quantitative estimate of drug-likeness (QED) is 0.200. The fourth-order valence-electron chi connectivity index (χ4n) is 4.54. The van der Waals surface area contributed by atoms with E-state index in [9.17, 15) is 0 Å². The van der Waals surface area contributed by atoms with Gasteiger partial charge in [0.2, 0.25) is 0 Å². The van der Waals surface area contributed by atoms with Crippen LogP contribution in [-0.4, -0.2) is 23.3 Å². The Hall–Kier alpha value is -3.50. The Balaban J connectivity index is 1.34. The second-order valence-electron chi connectivity index (χ2n) is 8.81. The van der Waals surface area contributed by atoms with Crippen molar-refractivity contribution >= 4 is 33.4 Å². The number of fused-ring (bicyclic) bond motifs is 2. The van der Waals surface area contributed by atoms with Gasteiger partial charge in [-0.2, -0.15) is 0 Å². The Morgan fingerprint density at radius 1 is 0.857 bits per heavy atom. The number of imidazole rings is 1. The predicted octanol–water partition coefficient (Wildman–Crippen LogP) is 7.86. The number of aryl methyl sites for hydroxylation is 1. The molecule has 35 heavy (non-hydrogen) atoms. The number of nitrogens with zero attached hydrogens (tertiary/aromatic N) is 2. The van der Waals surface area contributed by atoms with Crippen LogP contribution in [0.1, 0.15) is 37.1 Å². The smallest absolute Gasteiger partial charge is 0.119 e. The molecule has 178 valence electrons. The molecule has 0 aliphatic carbocycles. The SMILES string of the molecule is COc1ccc2cc(C(C)c3nc4ccccc4n3CCCCOc3ccc(Cl)cc3)ccc2c1. The van der Waals surface area contributed by atoms with Crippen LogP contribution in [0.2, 0.25) is 5.02 Å². The van der Waals surface area contributed by atoms with Crippen LogP contribution in [0.4, 0.5) is 0 Å². The highest BCUT2D eigenvalue weighted by Gasteiger charge is 2.18. The first kappa shape index (κ1) is 23.3. The number of para-hydroxylation sites is 2. The molecule has 0 spiro atoms. The molecular weight excluding hydrogens is 456 g/mol. The van der Waals surface area contributed by atoms with Gasteiger partial charge >= 0.3 is 0 Å². The maximum atomic E-state index is 5.96. The topological polar surface area (TPSA) is 36.3 Å². The Morgan fingerprint density at radius 2 is 1.60 bits per heavy atom. The van der Waals surface area contributed by atoms with Gasteiger partial charge in [-0.1, -0.05) is 54.9 Å². The molecule has 1 atom stereocenters. The van der Waals surface area contributed by atoms with Crippen molar-refractivity contribution < 1.29 is 9.47 Å². The van der Waals surface area contributed by atoms with E-state index in [2.05, 4.69) is 66.1 Å². The van der Waals surface area contributed by atoms with Gasteiger partial charge in [-0.3, -0.25) is 0 Å². The predicted molar refractivity (Wildman–Crippen MR) is 144 cm³/mol. The Kier molecular flexibility index (Phi) is 6.91. The number of halogens is 1. The van der Waals surface area contributed by atoms with Gasteiger partial charge in [-0.15, -0.1) is 0 Å². The van der Waals surface area contributed by atoms with E-state index in [-0.39, 0.29) is 5.92 Å². The third-order valence-electron chi connectivity index (χ3n) is 6.50. The fraction of sp³-hybridized carbons (Fsp3) is 0.233. The molecule has 0 radical (unpaired) electrons. The van der Waals surface area contributed by atoms with E-state index in [4.69, 9.17) is 26.1 Å². The van der Waals surface area contributed by atoms with Crippen molar-refractivity contribution in [3.63, 3.8) is 0 Å². The summed E-state index contributed by atoms with van der Waals surface area (Å²) >= 11 is 5.96. The molecule has 0 aliphatic heterocycles. The average molecular weight is 485 g/mol. The Labute approximate surface area is 211 Å². The summed E-state index contributed by atoms with van der Waals surface area (Å²) in [6.07, 6.45) is 1.96. The van der Waals surface area contributed by atoms with Gasteiger partial charge in [-0.05, 0) is 77.7 Å². The molecule has 1 unspecified atom stereocenters. The van der Waals surface area contributed by atoms with E-state index in [0.29, 0.717) is 6.61 Å². The summed E-state index contributed by atoms with van der Waals surface area (Å²) in [5.74, 6) is 2.99. The summed E-state index contributed by atoms with van der Waals surface area (Å²) in [6.45, 7) is 3.81. The van der Waals surface area contributed by atoms with E-state index in [0.717, 1.165) is 47.2 Å². The number of benzene rings is 4. The molecule has 1 aromatic heterocycles. The molecule has 0 amide bonds. The van der Waals surface area contributed by atoms with Crippen LogP contribution < -0.4 is 9.47 Å². The van der Waals surface area contributed by atoms with Crippen molar-refractivity contribution in [3.05, 3.63) is 101 Å². The summed E-state index contributed by atoms with van der Waals surface area (Å²) in [5.41, 5.74) is 3.47. The highest BCUT2D eigenvalue weighted by Crippen LogP contribution is 2.31. The summed E-state index contributed by atoms with van der Waals surface area (Å²) in [4.78, 5) is 5.05. The maximum Gasteiger partial charge on any atom is 0.119 e. The summed E-state index contributed by atoms with van der Waals surface area (Å²) in [5, 5.41) is 3.10. The van der Waals surface area contributed by atoms with Crippen LogP contribution in [-0.2, 0) is 6.54 Å². The van der Waals surface area contributed by atoms with Crippen LogP contribution in [0, 0.1) is 0 Å². The molecule has 4 nitrogen and oxygen atoms in total. The largest absolute Gasteiger partial charge is 0.497 e. The van der Waals surface area contributed by atoms with Gasteiger partial charge in [0, 0.05) is 17.5 Å². The molecular formula is C30H29ClN2O2. The summed E-state index contributed by atoms with van der Waals surface area (Å²) in [6, 6.07) is 28.8. The van der Waals surface area contributed by atoms with Crippen LogP contribution in [0.3, 0.4) is 0 Å². The maximum absolute atomic E-state index is 5.96. The molecule has 0 saturated heterocycles. The van der Waals surface area contributed by atoms with Crippen molar-refractivity contribution in [2.75, 3.05) is 13.7 Å². The zero-order chi connectivity index (χ0) is 24.2. The lowest BCUT2D eigenvalue weighted by Crippen LogP contribution is -2.09. The van der Waals surface area contributed by atoms with E-state index < -0.39 is 0 Å². The molecule has 0 saturated carbocycles. The number of unbranched alkanes of at least 4 members (excludes halogenated alkanes) is 1. The monoisotopic (exact) mass is 484 g/mol. The minimum Gasteiger partial charge on any atom is -0.497 e. The molecule has 4 aromatic carbocycles. The second kappa shape index (κ2) is 10.4. The lowest BCUT2D eigenvalue weighted by molar-refractivity contribution is 0.303. The Bertz CT molecular complexity index is 1440. The molecule has 0 N–H and O–H groups in total. The summed E-state index contributed by atoms with van der Waals surface area (Å²) < 4.78 is 13.6. The molecule has 1 heterocycles. The minimum atomic E-state index is 0.166. The Morgan fingerprint density at radius 3 is 2.43 bits per heavy atom. The number of methoxy groups -OCH3 is 1. The molecule has 0 aliphatic rings. The van der Waals surface area contributed by atoms with E-state index >= 15 is 0 Å². The standard InChI is InChI=1S/C30H29ClN2O2/c1-21(22-9-10-24-20-27(34-2)14-11-23(24)19-22)30-32-28-7-3-4-8-29(28)33(30)17-5-6-18-35-26-15-12-25(31)13-16-26/h3-4,7-16,19-21H,5-6,17-18H2,1-2H3. The van der Waals surface area contributed by atoms with Crippen molar-refractivity contribution in [1.82, 2.24) is 9.55 Å². The molecule has 5 rings (SSSR count). The lowest BCUT2D eigenvalue weighted by atomic mass is 9.97. The van der Waals surface area contributed by atoms with E-state index in [1.807, 2.05) is 30.3 Å². The second-order valence-corrected chi connectivity index (χ2v) is 9.25. The zero-order valence-corrected chi connectivity index (χ0v) is 20.8. The highest BCUT2D eigenvalue weighted by atomic mass is 35.5. The van der Waals surface area contributed by atoms with Crippen LogP contribution in [0.25, 0.3) is 21.8 Å². The van der Waals surface area contributed by atoms with Crippen LogP contribution >= 0.6 is 11.6 Å². The number of hydrogen-bond acceptors (Lipinski definition) is 3. The third-order valence-corrected chi connectivity index (χ3v) is 6.75. The van der Waals surface area contributed by atoms with Gasteiger partial charge < -0.3 is 14.0 Å². The average Bonchev–Trinajstić information content (AvgIpc) is 3.27.